The Kier molecular flexibility index (Phi) is 4.75. The molecule has 0 atom stereocenters. The van der Waals surface area contributed by atoms with Crippen molar-refractivity contribution in [1.82, 2.24) is 0 Å². The van der Waals surface area contributed by atoms with Crippen LogP contribution < -0.4 is 4.74 Å². The van der Waals surface area contributed by atoms with Gasteiger partial charge in [0.05, 0.1) is 5.56 Å². The lowest BCUT2D eigenvalue weighted by atomic mass is 10.0. The SMILES string of the molecule is O=C(Oc1ccccc1-c1ccccc1)c1c(F)cccc1C(F)(F)F. The second-order valence-corrected chi connectivity index (χ2v) is 5.41. The zero-order valence-corrected chi connectivity index (χ0v) is 13.3. The van der Waals surface area contributed by atoms with Crippen LogP contribution in [-0.4, -0.2) is 5.97 Å². The highest BCUT2D eigenvalue weighted by atomic mass is 19.4. The van der Waals surface area contributed by atoms with Crippen molar-refractivity contribution in [2.75, 3.05) is 0 Å². The summed E-state index contributed by atoms with van der Waals surface area (Å²) in [6, 6.07) is 17.5. The largest absolute Gasteiger partial charge is 0.422 e. The Labute approximate surface area is 146 Å². The number of hydrogen-bond acceptors (Lipinski definition) is 2. The zero-order chi connectivity index (χ0) is 18.7. The Balaban J connectivity index is 2.01. The van der Waals surface area contributed by atoms with E-state index in [4.69, 9.17) is 4.74 Å². The van der Waals surface area contributed by atoms with Crippen LogP contribution in [0.1, 0.15) is 15.9 Å². The van der Waals surface area contributed by atoms with Gasteiger partial charge in [0.25, 0.3) is 0 Å². The van der Waals surface area contributed by atoms with Crippen molar-refractivity contribution in [2.24, 2.45) is 0 Å². The molecule has 3 rings (SSSR count). The van der Waals surface area contributed by atoms with Gasteiger partial charge in [-0.05, 0) is 23.8 Å². The van der Waals surface area contributed by atoms with Gasteiger partial charge in [0.15, 0.2) is 0 Å². The maximum atomic E-state index is 14.0. The lowest BCUT2D eigenvalue weighted by molar-refractivity contribution is -0.138. The first-order valence-corrected chi connectivity index (χ1v) is 7.60. The molecule has 0 aromatic heterocycles. The fraction of sp³-hybridized carbons (Fsp3) is 0.0500. The molecule has 0 bridgehead atoms. The minimum absolute atomic E-state index is 0.0417. The van der Waals surface area contributed by atoms with Crippen LogP contribution in [0, 0.1) is 5.82 Å². The summed E-state index contributed by atoms with van der Waals surface area (Å²) in [6.45, 7) is 0. The molecule has 26 heavy (non-hydrogen) atoms. The van der Waals surface area contributed by atoms with Crippen molar-refractivity contribution < 1.29 is 27.1 Å². The number of hydrogen-bond donors (Lipinski definition) is 0. The molecule has 0 saturated heterocycles. The molecular formula is C20H12F4O2. The number of para-hydroxylation sites is 1. The summed E-state index contributed by atoms with van der Waals surface area (Å²) in [5, 5.41) is 0. The van der Waals surface area contributed by atoms with Crippen LogP contribution in [0.3, 0.4) is 0 Å². The van der Waals surface area contributed by atoms with Gasteiger partial charge >= 0.3 is 12.1 Å². The molecule has 0 aliphatic carbocycles. The van der Waals surface area contributed by atoms with Crippen molar-refractivity contribution in [3.63, 3.8) is 0 Å². The molecule has 3 aromatic carbocycles. The minimum atomic E-state index is -4.88. The summed E-state index contributed by atoms with van der Waals surface area (Å²) >= 11 is 0. The molecule has 6 heteroatoms. The van der Waals surface area contributed by atoms with Gasteiger partial charge in [-0.1, -0.05) is 54.6 Å². The Bertz CT molecular complexity index is 934. The van der Waals surface area contributed by atoms with Gasteiger partial charge in [-0.2, -0.15) is 13.2 Å². The maximum absolute atomic E-state index is 14.0. The molecule has 0 spiro atoms. The Morgan fingerprint density at radius 3 is 2.15 bits per heavy atom. The van der Waals surface area contributed by atoms with E-state index in [1.807, 2.05) is 0 Å². The van der Waals surface area contributed by atoms with E-state index in [-0.39, 0.29) is 5.75 Å². The third-order valence-corrected chi connectivity index (χ3v) is 3.70. The van der Waals surface area contributed by atoms with Gasteiger partial charge in [0.1, 0.15) is 17.1 Å². The highest BCUT2D eigenvalue weighted by Gasteiger charge is 2.37. The first-order valence-electron chi connectivity index (χ1n) is 7.60. The number of halogens is 4. The summed E-state index contributed by atoms with van der Waals surface area (Å²) in [7, 11) is 0. The van der Waals surface area contributed by atoms with Crippen LogP contribution >= 0.6 is 0 Å². The summed E-state index contributed by atoms with van der Waals surface area (Å²) in [5.74, 6) is -2.65. The number of rotatable bonds is 3. The van der Waals surface area contributed by atoms with Crippen LogP contribution in [0.25, 0.3) is 11.1 Å². The minimum Gasteiger partial charge on any atom is -0.422 e. The summed E-state index contributed by atoms with van der Waals surface area (Å²) in [6.07, 6.45) is -4.88. The van der Waals surface area contributed by atoms with Crippen molar-refractivity contribution in [1.29, 1.82) is 0 Å². The molecule has 132 valence electrons. The average Bonchev–Trinajstić information content (AvgIpc) is 2.62. The van der Waals surface area contributed by atoms with E-state index in [9.17, 15) is 22.4 Å². The monoisotopic (exact) mass is 360 g/mol. The number of alkyl halides is 3. The molecule has 0 aliphatic heterocycles. The van der Waals surface area contributed by atoms with E-state index in [2.05, 4.69) is 0 Å². The fourth-order valence-corrected chi connectivity index (χ4v) is 2.53. The van der Waals surface area contributed by atoms with Crippen LogP contribution in [0.5, 0.6) is 5.75 Å². The number of carbonyl (C=O) groups excluding carboxylic acids is 1. The van der Waals surface area contributed by atoms with Gasteiger partial charge in [0.2, 0.25) is 0 Å². The number of ether oxygens (including phenoxy) is 1. The standard InChI is InChI=1S/C20H12F4O2/c21-16-11-6-10-15(20(22,23)24)18(16)19(25)26-17-12-5-4-9-14(17)13-7-2-1-3-8-13/h1-12H. The molecule has 0 amide bonds. The molecule has 0 unspecified atom stereocenters. The smallest absolute Gasteiger partial charge is 0.417 e. The maximum Gasteiger partial charge on any atom is 0.417 e. The van der Waals surface area contributed by atoms with Crippen molar-refractivity contribution >= 4 is 5.97 Å². The van der Waals surface area contributed by atoms with Crippen LogP contribution in [-0.2, 0) is 6.18 Å². The second kappa shape index (κ2) is 7.00. The van der Waals surface area contributed by atoms with E-state index in [0.717, 1.165) is 12.1 Å². The quantitative estimate of drug-likeness (QED) is 0.339. The summed E-state index contributed by atoms with van der Waals surface area (Å²) in [5.41, 5.74) is -1.30. The van der Waals surface area contributed by atoms with Crippen molar-refractivity contribution in [3.8, 4) is 16.9 Å². The molecule has 0 radical (unpaired) electrons. The van der Waals surface area contributed by atoms with Gasteiger partial charge < -0.3 is 4.74 Å². The molecule has 0 saturated carbocycles. The van der Waals surface area contributed by atoms with E-state index in [1.54, 1.807) is 48.5 Å². The molecule has 2 nitrogen and oxygen atoms in total. The fourth-order valence-electron chi connectivity index (χ4n) is 2.53. The number of carbonyl (C=O) groups is 1. The van der Waals surface area contributed by atoms with E-state index < -0.39 is 29.1 Å². The van der Waals surface area contributed by atoms with Crippen LogP contribution in [0.4, 0.5) is 17.6 Å². The highest BCUT2D eigenvalue weighted by molar-refractivity contribution is 5.94. The van der Waals surface area contributed by atoms with E-state index in [1.165, 1.54) is 6.07 Å². The predicted molar refractivity (Wildman–Crippen MR) is 88.2 cm³/mol. The zero-order valence-electron chi connectivity index (χ0n) is 13.3. The molecule has 0 N–H and O–H groups in total. The van der Waals surface area contributed by atoms with Gasteiger partial charge in [0, 0.05) is 5.56 Å². The lowest BCUT2D eigenvalue weighted by Crippen LogP contribution is -2.19. The predicted octanol–water partition coefficient (Wildman–Crippen LogP) is 5.73. The van der Waals surface area contributed by atoms with Crippen molar-refractivity contribution in [2.45, 2.75) is 6.18 Å². The Hall–Kier alpha value is -3.15. The first kappa shape index (κ1) is 17.7. The summed E-state index contributed by atoms with van der Waals surface area (Å²) in [4.78, 5) is 12.3. The molecular weight excluding hydrogens is 348 g/mol. The topological polar surface area (TPSA) is 26.3 Å². The normalized spacial score (nSPS) is 11.2. The molecule has 0 heterocycles. The number of esters is 1. The summed E-state index contributed by atoms with van der Waals surface area (Å²) < 4.78 is 58.4. The van der Waals surface area contributed by atoms with Gasteiger partial charge in [-0.3, -0.25) is 0 Å². The van der Waals surface area contributed by atoms with Gasteiger partial charge in [-0.15, -0.1) is 0 Å². The highest BCUT2D eigenvalue weighted by Crippen LogP contribution is 2.35. The van der Waals surface area contributed by atoms with Crippen LogP contribution in [0.15, 0.2) is 72.8 Å². The molecule has 0 aliphatic rings. The third-order valence-electron chi connectivity index (χ3n) is 3.70. The third kappa shape index (κ3) is 3.59. The molecule has 0 fully saturated rings. The average molecular weight is 360 g/mol. The van der Waals surface area contributed by atoms with Crippen molar-refractivity contribution in [3.05, 3.63) is 89.7 Å². The van der Waals surface area contributed by atoms with E-state index >= 15 is 0 Å². The van der Waals surface area contributed by atoms with E-state index in [0.29, 0.717) is 17.2 Å². The van der Waals surface area contributed by atoms with Gasteiger partial charge in [-0.25, -0.2) is 9.18 Å². The second-order valence-electron chi connectivity index (χ2n) is 5.41. The number of benzene rings is 3. The van der Waals surface area contributed by atoms with Crippen LogP contribution in [0.2, 0.25) is 0 Å². The Morgan fingerprint density at radius 1 is 0.808 bits per heavy atom. The Morgan fingerprint density at radius 2 is 1.46 bits per heavy atom. The lowest BCUT2D eigenvalue weighted by Gasteiger charge is -2.14. The first-order chi connectivity index (χ1) is 12.4. The molecule has 3 aromatic rings.